The fourth-order valence-corrected chi connectivity index (χ4v) is 0.610. The van der Waals surface area contributed by atoms with Crippen LogP contribution in [-0.4, -0.2) is 0 Å². The van der Waals surface area contributed by atoms with E-state index in [1.807, 2.05) is 18.2 Å². The molecule has 0 atom stereocenters. The standard InChI is InChI=1S/C8H9.BrH.Zn/c1-7-5-3-4-6-8(7)2;;/h3-6H,1H2,2H3;1H;/q-1;;. The maximum absolute atomic E-state index is 3.82. The number of halogens is 1. The Morgan fingerprint density at radius 1 is 1.20 bits per heavy atom. The summed E-state index contributed by atoms with van der Waals surface area (Å²) in [6.07, 6.45) is 0. The smallest absolute Gasteiger partial charge is 0 e. The van der Waals surface area contributed by atoms with E-state index in [9.17, 15) is 0 Å². The van der Waals surface area contributed by atoms with Gasteiger partial charge in [0.1, 0.15) is 0 Å². The minimum atomic E-state index is 0. The van der Waals surface area contributed by atoms with Crippen molar-refractivity contribution in [3.63, 3.8) is 0 Å². The van der Waals surface area contributed by atoms with Gasteiger partial charge in [-0.05, 0) is 0 Å². The van der Waals surface area contributed by atoms with Crippen LogP contribution in [0.3, 0.4) is 0 Å². The molecule has 10 heavy (non-hydrogen) atoms. The van der Waals surface area contributed by atoms with Gasteiger partial charge in [0.25, 0.3) is 0 Å². The Morgan fingerprint density at radius 2 is 1.70 bits per heavy atom. The summed E-state index contributed by atoms with van der Waals surface area (Å²) in [6.45, 7) is 5.88. The van der Waals surface area contributed by atoms with Crippen molar-refractivity contribution in [2.45, 2.75) is 6.92 Å². The molecule has 0 unspecified atom stereocenters. The van der Waals surface area contributed by atoms with Crippen LogP contribution >= 0.6 is 17.0 Å². The average Bonchev–Trinajstić information content (AvgIpc) is 1.77. The topological polar surface area (TPSA) is 0 Å². The van der Waals surface area contributed by atoms with E-state index in [0.29, 0.717) is 0 Å². The van der Waals surface area contributed by atoms with Crippen LogP contribution in [0.25, 0.3) is 0 Å². The van der Waals surface area contributed by atoms with Gasteiger partial charge >= 0.3 is 0 Å². The molecule has 0 saturated heterocycles. The summed E-state index contributed by atoms with van der Waals surface area (Å²) >= 11 is 0. The van der Waals surface area contributed by atoms with Crippen molar-refractivity contribution in [1.82, 2.24) is 0 Å². The normalized spacial score (nSPS) is 7.30. The minimum absolute atomic E-state index is 0. The molecule has 0 aliphatic heterocycles. The molecule has 0 aliphatic rings. The number of benzene rings is 1. The van der Waals surface area contributed by atoms with E-state index in [0.717, 1.165) is 5.56 Å². The SMILES string of the molecule is Br.[CH2-]c1ccccc1C.[Zn]. The predicted octanol–water partition coefficient (Wildman–Crippen LogP) is 2.75. The zero-order valence-corrected chi connectivity index (χ0v) is 10.8. The summed E-state index contributed by atoms with van der Waals surface area (Å²) in [4.78, 5) is 0. The monoisotopic (exact) mass is 249 g/mol. The van der Waals surface area contributed by atoms with Crippen LogP contribution in [0, 0.1) is 13.8 Å². The van der Waals surface area contributed by atoms with Crippen molar-refractivity contribution in [2.75, 3.05) is 0 Å². The van der Waals surface area contributed by atoms with E-state index in [1.54, 1.807) is 0 Å². The van der Waals surface area contributed by atoms with E-state index in [2.05, 4.69) is 19.9 Å². The van der Waals surface area contributed by atoms with Crippen LogP contribution in [0.15, 0.2) is 24.3 Å². The molecule has 0 saturated carbocycles. The van der Waals surface area contributed by atoms with E-state index >= 15 is 0 Å². The summed E-state index contributed by atoms with van der Waals surface area (Å²) in [5.74, 6) is 0. The summed E-state index contributed by atoms with van der Waals surface area (Å²) in [6, 6.07) is 8.08. The Bertz CT molecular complexity index is 165. The molecule has 1 aromatic carbocycles. The third-order valence-electron chi connectivity index (χ3n) is 1.26. The molecular formula is C8H10BrZn-. The van der Waals surface area contributed by atoms with Gasteiger partial charge < -0.3 is 0 Å². The predicted molar refractivity (Wildman–Crippen MR) is 46.0 cm³/mol. The van der Waals surface area contributed by atoms with Crippen molar-refractivity contribution in [2.24, 2.45) is 0 Å². The molecule has 0 heterocycles. The second-order valence-electron chi connectivity index (χ2n) is 1.93. The van der Waals surface area contributed by atoms with Crippen molar-refractivity contribution in [3.8, 4) is 0 Å². The molecule has 0 spiro atoms. The van der Waals surface area contributed by atoms with Crippen molar-refractivity contribution >= 4 is 17.0 Å². The number of hydrogen-bond acceptors (Lipinski definition) is 0. The first-order valence-electron chi connectivity index (χ1n) is 2.68. The number of hydrogen-bond donors (Lipinski definition) is 0. The van der Waals surface area contributed by atoms with Crippen LogP contribution < -0.4 is 0 Å². The van der Waals surface area contributed by atoms with Crippen molar-refractivity contribution < 1.29 is 19.5 Å². The van der Waals surface area contributed by atoms with E-state index in [1.165, 1.54) is 5.56 Å². The van der Waals surface area contributed by atoms with E-state index < -0.39 is 0 Å². The third-order valence-corrected chi connectivity index (χ3v) is 1.26. The molecule has 0 N–H and O–H groups in total. The van der Waals surface area contributed by atoms with Gasteiger partial charge in [-0.1, -0.05) is 13.0 Å². The second kappa shape index (κ2) is 5.94. The molecule has 52 valence electrons. The number of rotatable bonds is 0. The molecule has 0 amide bonds. The van der Waals surface area contributed by atoms with Gasteiger partial charge in [-0.3, -0.25) is 0 Å². The summed E-state index contributed by atoms with van der Waals surface area (Å²) in [7, 11) is 0. The van der Waals surface area contributed by atoms with Gasteiger partial charge in [0, 0.05) is 19.5 Å². The zero-order chi connectivity index (χ0) is 5.98. The summed E-state index contributed by atoms with van der Waals surface area (Å²) < 4.78 is 0. The van der Waals surface area contributed by atoms with Gasteiger partial charge in [-0.25, -0.2) is 0 Å². The molecule has 0 fully saturated rings. The molecular weight excluding hydrogens is 241 g/mol. The Morgan fingerprint density at radius 3 is 2.00 bits per heavy atom. The molecule has 0 aliphatic carbocycles. The van der Waals surface area contributed by atoms with Crippen molar-refractivity contribution in [1.29, 1.82) is 0 Å². The Labute approximate surface area is 85.6 Å². The van der Waals surface area contributed by atoms with Crippen LogP contribution in [0.5, 0.6) is 0 Å². The van der Waals surface area contributed by atoms with E-state index in [4.69, 9.17) is 0 Å². The van der Waals surface area contributed by atoms with Gasteiger partial charge in [0.15, 0.2) is 0 Å². The molecule has 2 heteroatoms. The quantitative estimate of drug-likeness (QED) is 0.491. The second-order valence-corrected chi connectivity index (χ2v) is 1.93. The molecule has 0 nitrogen and oxygen atoms in total. The maximum atomic E-state index is 3.82. The summed E-state index contributed by atoms with van der Waals surface area (Å²) in [5.41, 5.74) is 2.38. The van der Waals surface area contributed by atoms with Gasteiger partial charge in [0.2, 0.25) is 0 Å². The Kier molecular flexibility index (Phi) is 7.62. The first kappa shape index (κ1) is 12.8. The Hall–Kier alpha value is 0.193. The zero-order valence-electron chi connectivity index (χ0n) is 6.13. The fraction of sp³-hybridized carbons (Fsp3) is 0.125. The maximum Gasteiger partial charge on any atom is 0 e. The molecule has 0 radical (unpaired) electrons. The van der Waals surface area contributed by atoms with Crippen LogP contribution in [0.1, 0.15) is 11.1 Å². The average molecular weight is 251 g/mol. The molecule has 1 aromatic rings. The van der Waals surface area contributed by atoms with Crippen molar-refractivity contribution in [3.05, 3.63) is 42.3 Å². The Balaban J connectivity index is 0. The fourth-order valence-electron chi connectivity index (χ4n) is 0.610. The first-order valence-corrected chi connectivity index (χ1v) is 2.68. The largest absolute Gasteiger partial charge is 0.198 e. The van der Waals surface area contributed by atoms with Gasteiger partial charge in [0.05, 0.1) is 0 Å². The third kappa shape index (κ3) is 3.38. The number of aryl methyl sites for hydroxylation is 1. The van der Waals surface area contributed by atoms with Gasteiger partial charge in [-0.15, -0.1) is 29.1 Å². The summed E-state index contributed by atoms with van der Waals surface area (Å²) in [5, 5.41) is 0. The first-order chi connectivity index (χ1) is 3.80. The van der Waals surface area contributed by atoms with Crippen LogP contribution in [0.4, 0.5) is 0 Å². The molecule has 0 bridgehead atoms. The molecule has 1 rings (SSSR count). The van der Waals surface area contributed by atoms with E-state index in [-0.39, 0.29) is 36.5 Å². The van der Waals surface area contributed by atoms with Gasteiger partial charge in [-0.2, -0.15) is 24.1 Å². The molecule has 0 aromatic heterocycles. The minimum Gasteiger partial charge on any atom is -0.198 e. The van der Waals surface area contributed by atoms with Crippen LogP contribution in [-0.2, 0) is 19.5 Å². The van der Waals surface area contributed by atoms with Crippen LogP contribution in [0.2, 0.25) is 0 Å².